The van der Waals surface area contributed by atoms with Crippen molar-refractivity contribution in [3.05, 3.63) is 293 Å². The highest BCUT2D eigenvalue weighted by Gasteiger charge is 2.38. The lowest BCUT2D eigenvalue weighted by Crippen LogP contribution is -2.21. The van der Waals surface area contributed by atoms with E-state index >= 15 is 0 Å². The van der Waals surface area contributed by atoms with Gasteiger partial charge in [-0.2, -0.15) is 0 Å². The van der Waals surface area contributed by atoms with Gasteiger partial charge in [-0.15, -0.1) is 0 Å². The van der Waals surface area contributed by atoms with Crippen LogP contribution in [0.1, 0.15) is 65.2 Å². The number of pyridine rings is 1. The van der Waals surface area contributed by atoms with Gasteiger partial charge in [0.25, 0.3) is 0 Å². The van der Waals surface area contributed by atoms with Crippen LogP contribution in [0.5, 0.6) is 0 Å². The van der Waals surface area contributed by atoms with Crippen molar-refractivity contribution in [2.45, 2.75) is 38.1 Å². The Balaban J connectivity index is 0.779. The van der Waals surface area contributed by atoms with Crippen molar-refractivity contribution in [1.82, 2.24) is 14.9 Å². The minimum absolute atomic E-state index is 0.0690. The van der Waals surface area contributed by atoms with E-state index in [2.05, 4.69) is 264 Å². The van der Waals surface area contributed by atoms with Crippen molar-refractivity contribution in [2.75, 3.05) is 4.90 Å². The lowest BCUT2D eigenvalue weighted by molar-refractivity contribution is 0.749. The van der Waals surface area contributed by atoms with Gasteiger partial charge in [-0.05, 0) is 161 Å². The highest BCUT2D eigenvalue weighted by molar-refractivity contribution is 5.94. The molecule has 14 rings (SSSR count). The first kappa shape index (κ1) is 43.8. The minimum Gasteiger partial charge on any atom is -0.374 e. The quantitative estimate of drug-likeness (QED) is 0.156. The smallest absolute Gasteiger partial charge is 0.0715 e. The monoisotopic (exact) mass is 950 g/mol. The molecule has 7 aromatic carbocycles. The van der Waals surface area contributed by atoms with E-state index in [0.717, 1.165) is 65.9 Å². The Morgan fingerprint density at radius 2 is 1.18 bits per heavy atom. The fourth-order valence-corrected chi connectivity index (χ4v) is 12.1. The lowest BCUT2D eigenvalue weighted by atomic mass is 9.84. The predicted octanol–water partition coefficient (Wildman–Crippen LogP) is 17.2. The molecule has 0 saturated heterocycles. The van der Waals surface area contributed by atoms with Gasteiger partial charge < -0.3 is 14.8 Å². The van der Waals surface area contributed by atoms with Gasteiger partial charge >= 0.3 is 0 Å². The maximum Gasteiger partial charge on any atom is 0.0715 e. The van der Waals surface area contributed by atoms with Gasteiger partial charge in [0.05, 0.1) is 22.9 Å². The summed E-state index contributed by atoms with van der Waals surface area (Å²) in [7, 11) is 0. The number of dihydropyridines is 1. The van der Waals surface area contributed by atoms with E-state index in [4.69, 9.17) is 4.98 Å². The van der Waals surface area contributed by atoms with Crippen LogP contribution >= 0.6 is 0 Å². The molecule has 354 valence electrons. The molecule has 2 aliphatic heterocycles. The van der Waals surface area contributed by atoms with Crippen molar-refractivity contribution in [2.24, 2.45) is 5.92 Å². The maximum absolute atomic E-state index is 5.14. The predicted molar refractivity (Wildman–Crippen MR) is 308 cm³/mol. The maximum atomic E-state index is 5.14. The van der Waals surface area contributed by atoms with Crippen LogP contribution in [0.2, 0.25) is 0 Å². The molecule has 0 amide bonds. The largest absolute Gasteiger partial charge is 0.374 e. The summed E-state index contributed by atoms with van der Waals surface area (Å²) in [6.07, 6.45) is 23.9. The number of benzene rings is 7. The van der Waals surface area contributed by atoms with Crippen LogP contribution in [0.15, 0.2) is 260 Å². The third-order valence-corrected chi connectivity index (χ3v) is 15.7. The average Bonchev–Trinajstić information content (AvgIpc) is 4.00. The number of hydrogen-bond acceptors (Lipinski definition) is 3. The number of aromatic nitrogens is 2. The van der Waals surface area contributed by atoms with E-state index in [1.807, 2.05) is 0 Å². The number of hydrogen-bond donors (Lipinski definition) is 1. The number of fused-ring (bicyclic) bond motifs is 5. The molecule has 4 heteroatoms. The topological polar surface area (TPSA) is 33.1 Å². The van der Waals surface area contributed by atoms with E-state index in [1.54, 1.807) is 0 Å². The zero-order valence-electron chi connectivity index (χ0n) is 41.2. The molecule has 74 heavy (non-hydrogen) atoms. The zero-order valence-corrected chi connectivity index (χ0v) is 41.2. The Hall–Kier alpha value is -8.99. The Labute approximate surface area is 433 Å². The normalized spacial score (nSPS) is 17.7. The molecule has 0 fully saturated rings. The molecule has 5 aliphatic rings. The Morgan fingerprint density at radius 1 is 0.527 bits per heavy atom. The van der Waals surface area contributed by atoms with Gasteiger partial charge in [-0.3, -0.25) is 0 Å². The Bertz CT molecular complexity index is 3790. The number of rotatable bonds is 9. The van der Waals surface area contributed by atoms with Gasteiger partial charge in [0.15, 0.2) is 0 Å². The highest BCUT2D eigenvalue weighted by Crippen LogP contribution is 2.50. The second-order valence-corrected chi connectivity index (χ2v) is 20.1. The van der Waals surface area contributed by atoms with Crippen molar-refractivity contribution in [3.8, 4) is 39.3 Å². The summed E-state index contributed by atoms with van der Waals surface area (Å²) in [5.74, 6) is 0.336. The molecule has 4 heterocycles. The molecule has 0 radical (unpaired) electrons. The summed E-state index contributed by atoms with van der Waals surface area (Å²) < 4.78 is 2.49. The van der Waals surface area contributed by atoms with Crippen LogP contribution in [0.3, 0.4) is 0 Å². The third-order valence-electron chi connectivity index (χ3n) is 15.7. The van der Waals surface area contributed by atoms with Crippen molar-refractivity contribution in [1.29, 1.82) is 0 Å². The number of nitrogens with zero attached hydrogens (tertiary/aromatic N) is 3. The summed E-state index contributed by atoms with van der Waals surface area (Å²) in [6, 6.07) is 72.7. The molecule has 3 aliphatic carbocycles. The SMILES string of the molecule is C1=CCC2C(=C1)N(c1ccc(-c3cc(-c4ccccc4)nc(-c4ccccc4)c3)cc1)C1=C2C=C(c2ccc3c(c2)c2c(n3-c3ccc(C4=CC(c5ccccc5)NC(c5ccccc5)=C4)cc3)C=CCC2)CC1. The molecule has 0 spiro atoms. The highest BCUT2D eigenvalue weighted by atomic mass is 15.2. The molecule has 2 unspecified atom stereocenters. The van der Waals surface area contributed by atoms with Crippen LogP contribution < -0.4 is 10.2 Å². The van der Waals surface area contributed by atoms with E-state index in [0.29, 0.717) is 5.92 Å². The number of aryl methyl sites for hydroxylation is 1. The first-order valence-corrected chi connectivity index (χ1v) is 26.3. The van der Waals surface area contributed by atoms with Crippen LogP contribution in [0.4, 0.5) is 5.69 Å². The third kappa shape index (κ3) is 7.91. The van der Waals surface area contributed by atoms with Crippen LogP contribution in [0, 0.1) is 5.92 Å². The molecule has 1 N–H and O–H groups in total. The molecule has 4 nitrogen and oxygen atoms in total. The van der Waals surface area contributed by atoms with E-state index in [1.165, 1.54) is 89.5 Å². The summed E-state index contributed by atoms with van der Waals surface area (Å²) in [5.41, 5.74) is 26.0. The summed E-state index contributed by atoms with van der Waals surface area (Å²) in [4.78, 5) is 7.70. The Morgan fingerprint density at radius 3 is 1.89 bits per heavy atom. The standard InChI is InChI=1S/C70H54N4/c1-5-17-49(18-6-1)63-43-55(44-64(71-63)50-19-7-2-8-20-50)47-29-35-57(36-30-47)73-67-27-15-13-25-59(67)61-41-53(33-39-69(61)73)54-34-40-70-62(42-54)60-26-14-16-28-68(60)74(70)58-37-31-48(32-38-58)56-45-65(51-21-9-3-10-22-51)72-66(46-56)52-23-11-4-12-24-52/h1-13,15-24,27-32,34-38,40-46,59,65,72H,14,25-26,33,39H2. The van der Waals surface area contributed by atoms with Gasteiger partial charge in [0.2, 0.25) is 0 Å². The fourth-order valence-electron chi connectivity index (χ4n) is 12.1. The lowest BCUT2D eigenvalue weighted by Gasteiger charge is -2.28. The van der Waals surface area contributed by atoms with E-state index in [9.17, 15) is 0 Å². The van der Waals surface area contributed by atoms with Crippen molar-refractivity contribution >= 4 is 39.5 Å². The second-order valence-electron chi connectivity index (χ2n) is 20.1. The first-order valence-electron chi connectivity index (χ1n) is 26.3. The molecular formula is C70H54N4. The molecule has 0 bridgehead atoms. The molecule has 2 atom stereocenters. The summed E-state index contributed by atoms with van der Waals surface area (Å²) >= 11 is 0. The van der Waals surface area contributed by atoms with Crippen LogP contribution in [0.25, 0.3) is 73.2 Å². The molecule has 0 saturated carbocycles. The van der Waals surface area contributed by atoms with E-state index < -0.39 is 0 Å². The first-order chi connectivity index (χ1) is 36.7. The number of anilines is 1. The fraction of sp³-hybridized carbons (Fsp3) is 0.100. The van der Waals surface area contributed by atoms with Crippen LogP contribution in [-0.2, 0) is 6.42 Å². The molecular weight excluding hydrogens is 897 g/mol. The number of allylic oxidation sites excluding steroid dienone is 10. The van der Waals surface area contributed by atoms with Gasteiger partial charge in [0, 0.05) is 56.6 Å². The minimum atomic E-state index is 0.0690. The summed E-state index contributed by atoms with van der Waals surface area (Å²) in [6.45, 7) is 0. The van der Waals surface area contributed by atoms with E-state index in [-0.39, 0.29) is 6.04 Å². The van der Waals surface area contributed by atoms with Crippen LogP contribution in [-0.4, -0.2) is 9.55 Å². The number of nitrogens with one attached hydrogen (secondary N) is 1. The Kier molecular flexibility index (Phi) is 11.0. The van der Waals surface area contributed by atoms with Crippen molar-refractivity contribution in [3.63, 3.8) is 0 Å². The summed E-state index contributed by atoms with van der Waals surface area (Å²) in [5, 5.41) is 5.17. The van der Waals surface area contributed by atoms with Gasteiger partial charge in [0.1, 0.15) is 0 Å². The zero-order chi connectivity index (χ0) is 49.0. The molecule has 9 aromatic rings. The second kappa shape index (κ2) is 18.6. The van der Waals surface area contributed by atoms with Gasteiger partial charge in [-0.1, -0.05) is 176 Å². The average molecular weight is 951 g/mol. The van der Waals surface area contributed by atoms with Gasteiger partial charge in [-0.25, -0.2) is 4.98 Å². The van der Waals surface area contributed by atoms with Crippen molar-refractivity contribution < 1.29 is 0 Å². The molecule has 2 aromatic heterocycles.